The molecule has 32 heavy (non-hydrogen) atoms. The van der Waals surface area contributed by atoms with Gasteiger partial charge in [-0.2, -0.15) is 0 Å². The Labute approximate surface area is 203 Å². The largest absolute Gasteiger partial charge is 0.482 e. The second-order valence-corrected chi connectivity index (χ2v) is 8.94. The van der Waals surface area contributed by atoms with Crippen LogP contribution in [0.1, 0.15) is 18.1 Å². The molecule has 0 spiro atoms. The number of ether oxygens (including phenoxy) is 1. The molecule has 0 unspecified atom stereocenters. The fraction of sp³-hybridized carbons (Fsp3) is 0.167. The van der Waals surface area contributed by atoms with Gasteiger partial charge in [-0.05, 0) is 88.9 Å². The lowest BCUT2D eigenvalue weighted by atomic mass is 10.1. The summed E-state index contributed by atoms with van der Waals surface area (Å²) in [4.78, 5) is 16.9. The molecule has 4 rings (SSSR count). The molecule has 0 aliphatic rings. The number of carbonyl (C=O) groups excluding carboxylic acids is 1. The molecule has 0 fully saturated rings. The van der Waals surface area contributed by atoms with Crippen molar-refractivity contribution in [3.8, 4) is 17.2 Å². The van der Waals surface area contributed by atoms with Crippen molar-refractivity contribution in [2.75, 3.05) is 11.9 Å². The number of nitrogens with one attached hydrogen (secondary N) is 1. The molecule has 0 saturated carbocycles. The zero-order valence-electron chi connectivity index (χ0n) is 17.3. The summed E-state index contributed by atoms with van der Waals surface area (Å²) < 4.78 is 12.4. The highest BCUT2D eigenvalue weighted by Crippen LogP contribution is 2.33. The molecule has 0 bridgehead atoms. The Balaban J connectivity index is 1.43. The van der Waals surface area contributed by atoms with Gasteiger partial charge in [0, 0.05) is 16.3 Å². The third-order valence-corrected chi connectivity index (χ3v) is 5.96. The lowest BCUT2D eigenvalue weighted by molar-refractivity contribution is -0.118. The number of hydrogen-bond acceptors (Lipinski definition) is 4. The Bertz CT molecular complexity index is 1280. The normalized spacial score (nSPS) is 11.0. The second-order valence-electron chi connectivity index (χ2n) is 7.25. The van der Waals surface area contributed by atoms with E-state index >= 15 is 0 Å². The molecule has 1 heterocycles. The van der Waals surface area contributed by atoms with Crippen LogP contribution in [-0.2, 0) is 11.2 Å². The zero-order chi connectivity index (χ0) is 22.8. The summed E-state index contributed by atoms with van der Waals surface area (Å²) in [5, 5.41) is 3.68. The monoisotopic (exact) mass is 532 g/mol. The van der Waals surface area contributed by atoms with Gasteiger partial charge in [0.05, 0.1) is 9.50 Å². The van der Waals surface area contributed by atoms with Crippen LogP contribution in [-0.4, -0.2) is 17.5 Å². The Hall–Kier alpha value is -2.54. The summed E-state index contributed by atoms with van der Waals surface area (Å²) in [7, 11) is 0. The van der Waals surface area contributed by atoms with Crippen LogP contribution in [0.25, 0.3) is 22.6 Å². The van der Waals surface area contributed by atoms with E-state index in [1.807, 2.05) is 31.2 Å². The Morgan fingerprint density at radius 3 is 2.59 bits per heavy atom. The molecule has 3 aromatic carbocycles. The van der Waals surface area contributed by atoms with E-state index in [1.165, 1.54) is 5.56 Å². The highest BCUT2D eigenvalue weighted by atomic mass is 79.9. The first kappa shape index (κ1) is 22.6. The van der Waals surface area contributed by atoms with Gasteiger partial charge < -0.3 is 14.5 Å². The van der Waals surface area contributed by atoms with Crippen LogP contribution in [0.5, 0.6) is 5.75 Å². The number of carbonyl (C=O) groups is 1. The first-order valence-corrected chi connectivity index (χ1v) is 11.5. The third-order valence-electron chi connectivity index (χ3n) is 4.87. The van der Waals surface area contributed by atoms with E-state index in [2.05, 4.69) is 33.2 Å². The number of fused-ring (bicyclic) bond motifs is 1. The fourth-order valence-electron chi connectivity index (χ4n) is 3.28. The van der Waals surface area contributed by atoms with Gasteiger partial charge in [-0.25, -0.2) is 4.98 Å². The quantitative estimate of drug-likeness (QED) is 0.279. The van der Waals surface area contributed by atoms with Crippen LogP contribution in [0, 0.1) is 6.92 Å². The number of anilines is 1. The molecule has 4 aromatic rings. The number of amides is 1. The first-order valence-electron chi connectivity index (χ1n) is 9.91. The summed E-state index contributed by atoms with van der Waals surface area (Å²) in [6, 6.07) is 14.6. The fourth-order valence-corrected chi connectivity index (χ4v) is 4.50. The Morgan fingerprint density at radius 2 is 1.91 bits per heavy atom. The number of rotatable bonds is 6. The zero-order valence-corrected chi connectivity index (χ0v) is 20.4. The van der Waals surface area contributed by atoms with Crippen molar-refractivity contribution in [1.29, 1.82) is 0 Å². The van der Waals surface area contributed by atoms with Gasteiger partial charge in [0.25, 0.3) is 5.91 Å². The first-order chi connectivity index (χ1) is 15.3. The molecule has 0 radical (unpaired) electrons. The molecule has 0 aliphatic heterocycles. The van der Waals surface area contributed by atoms with Crippen molar-refractivity contribution >= 4 is 61.8 Å². The van der Waals surface area contributed by atoms with E-state index in [1.54, 1.807) is 24.3 Å². The third kappa shape index (κ3) is 4.93. The number of benzene rings is 3. The van der Waals surface area contributed by atoms with Gasteiger partial charge in [-0.1, -0.05) is 30.1 Å². The van der Waals surface area contributed by atoms with Gasteiger partial charge in [0.2, 0.25) is 5.89 Å². The SMILES string of the molecule is CCc1cc(Br)c2oc(-c3ccc(NC(=O)COc4c(C)cc(Cl)cc4Cl)cc3)nc2c1. The molecule has 164 valence electrons. The summed E-state index contributed by atoms with van der Waals surface area (Å²) in [6.07, 6.45) is 0.915. The van der Waals surface area contributed by atoms with Crippen LogP contribution < -0.4 is 10.1 Å². The van der Waals surface area contributed by atoms with E-state index in [0.717, 1.165) is 27.5 Å². The van der Waals surface area contributed by atoms with Gasteiger partial charge in [-0.15, -0.1) is 0 Å². The molecule has 1 N–H and O–H groups in total. The molecule has 0 aliphatic carbocycles. The molecule has 1 aromatic heterocycles. The topological polar surface area (TPSA) is 64.4 Å². The molecule has 0 saturated heterocycles. The van der Waals surface area contributed by atoms with E-state index in [4.69, 9.17) is 32.4 Å². The van der Waals surface area contributed by atoms with Crippen molar-refractivity contribution in [3.63, 3.8) is 0 Å². The van der Waals surface area contributed by atoms with E-state index < -0.39 is 0 Å². The molecule has 8 heteroatoms. The highest BCUT2D eigenvalue weighted by Gasteiger charge is 2.13. The van der Waals surface area contributed by atoms with Crippen LogP contribution in [0.15, 0.2) is 57.4 Å². The number of halogens is 3. The van der Waals surface area contributed by atoms with Gasteiger partial charge in [0.15, 0.2) is 12.2 Å². The number of aromatic nitrogens is 1. The summed E-state index contributed by atoms with van der Waals surface area (Å²) in [5.41, 5.74) is 4.89. The molecule has 1 amide bonds. The van der Waals surface area contributed by atoms with E-state index in [-0.39, 0.29) is 12.5 Å². The summed E-state index contributed by atoms with van der Waals surface area (Å²) in [5.74, 6) is 0.652. The number of aryl methyl sites for hydroxylation is 2. The van der Waals surface area contributed by atoms with Gasteiger partial charge >= 0.3 is 0 Å². The minimum absolute atomic E-state index is 0.178. The Morgan fingerprint density at radius 1 is 1.16 bits per heavy atom. The lowest BCUT2D eigenvalue weighted by Gasteiger charge is -2.11. The molecule has 0 atom stereocenters. The maximum Gasteiger partial charge on any atom is 0.262 e. The van der Waals surface area contributed by atoms with Crippen molar-refractivity contribution in [2.45, 2.75) is 20.3 Å². The van der Waals surface area contributed by atoms with Crippen molar-refractivity contribution in [1.82, 2.24) is 4.98 Å². The van der Waals surface area contributed by atoms with Gasteiger partial charge in [-0.3, -0.25) is 4.79 Å². The smallest absolute Gasteiger partial charge is 0.262 e. The lowest BCUT2D eigenvalue weighted by Crippen LogP contribution is -2.20. The van der Waals surface area contributed by atoms with Crippen LogP contribution in [0.2, 0.25) is 10.0 Å². The number of hydrogen-bond donors (Lipinski definition) is 1. The standard InChI is InChI=1S/C24H19BrCl2N2O3/c1-3-14-9-18(25)23-20(10-14)29-24(32-23)15-4-6-17(7-5-15)28-21(30)12-31-22-13(2)8-16(26)11-19(22)27/h4-11H,3,12H2,1-2H3,(H,28,30). The summed E-state index contributed by atoms with van der Waals surface area (Å²) >= 11 is 15.7. The van der Waals surface area contributed by atoms with E-state index in [9.17, 15) is 4.79 Å². The van der Waals surface area contributed by atoms with Crippen LogP contribution in [0.4, 0.5) is 5.69 Å². The predicted octanol–water partition coefficient (Wildman–Crippen LogP) is 7.45. The summed E-state index contributed by atoms with van der Waals surface area (Å²) in [6.45, 7) is 3.73. The average Bonchev–Trinajstić information content (AvgIpc) is 3.18. The minimum atomic E-state index is -0.305. The molecular weight excluding hydrogens is 515 g/mol. The molecule has 5 nitrogen and oxygen atoms in total. The predicted molar refractivity (Wildman–Crippen MR) is 132 cm³/mol. The van der Waals surface area contributed by atoms with Crippen molar-refractivity contribution in [2.24, 2.45) is 0 Å². The van der Waals surface area contributed by atoms with E-state index in [0.29, 0.717) is 33.0 Å². The Kier molecular flexibility index (Phi) is 6.74. The molecular formula is C24H19BrCl2N2O3. The number of nitrogens with zero attached hydrogens (tertiary/aromatic N) is 1. The maximum atomic E-state index is 12.3. The minimum Gasteiger partial charge on any atom is -0.482 e. The van der Waals surface area contributed by atoms with Crippen LogP contribution in [0.3, 0.4) is 0 Å². The maximum absolute atomic E-state index is 12.3. The average molecular weight is 534 g/mol. The second kappa shape index (κ2) is 9.53. The number of oxazole rings is 1. The highest BCUT2D eigenvalue weighted by molar-refractivity contribution is 9.10. The van der Waals surface area contributed by atoms with Crippen molar-refractivity contribution < 1.29 is 13.9 Å². The van der Waals surface area contributed by atoms with Gasteiger partial charge in [0.1, 0.15) is 11.3 Å². The van der Waals surface area contributed by atoms with Crippen molar-refractivity contribution in [3.05, 3.63) is 74.2 Å². The van der Waals surface area contributed by atoms with Crippen LogP contribution >= 0.6 is 39.1 Å².